The van der Waals surface area contributed by atoms with Gasteiger partial charge in [0.05, 0.1) is 34.1 Å². The lowest BCUT2D eigenvalue weighted by Gasteiger charge is -2.29. The van der Waals surface area contributed by atoms with Gasteiger partial charge in [0, 0.05) is 0 Å². The van der Waals surface area contributed by atoms with Crippen LogP contribution in [0.2, 0.25) is 0 Å². The molecule has 12 heteroatoms. The van der Waals surface area contributed by atoms with Crippen molar-refractivity contribution in [1.29, 1.82) is 5.26 Å². The number of aromatic hydroxyl groups is 1. The van der Waals surface area contributed by atoms with Crippen LogP contribution in [-0.2, 0) is 22.1 Å². The Kier molecular flexibility index (Phi) is 7.04. The van der Waals surface area contributed by atoms with Crippen LogP contribution in [0, 0.1) is 11.3 Å². The maximum atomic E-state index is 13.7. The number of nitrogens with one attached hydrogen (secondary N) is 1. The van der Waals surface area contributed by atoms with Crippen LogP contribution in [0.25, 0.3) is 10.9 Å². The summed E-state index contributed by atoms with van der Waals surface area (Å²) in [5, 5.41) is 22.8. The molecule has 2 N–H and O–H groups in total. The van der Waals surface area contributed by atoms with Crippen molar-refractivity contribution >= 4 is 22.8 Å². The molecule has 1 atom stereocenters. The van der Waals surface area contributed by atoms with E-state index < -0.39 is 58.7 Å². The predicted molar refractivity (Wildman–Crippen MR) is 132 cm³/mol. The molecule has 2 aromatic carbocycles. The SMILES string of the molecule is CC(C)(C)OC(=O)CNC(=O)c1c(O)c2c(C#N)ccc3c2n(c1=O)C(Cc1ccc(C(F)(F)F)cc1)CO3. The number of esters is 1. The topological polar surface area (TPSA) is 131 Å². The first-order chi connectivity index (χ1) is 18.2. The number of pyridine rings is 1. The van der Waals surface area contributed by atoms with Crippen LogP contribution in [0.4, 0.5) is 13.2 Å². The Bertz CT molecular complexity index is 1560. The van der Waals surface area contributed by atoms with Crippen molar-refractivity contribution in [1.82, 2.24) is 9.88 Å². The van der Waals surface area contributed by atoms with Crippen molar-refractivity contribution in [3.63, 3.8) is 0 Å². The summed E-state index contributed by atoms with van der Waals surface area (Å²) >= 11 is 0. The fourth-order valence-corrected chi connectivity index (χ4v) is 4.39. The smallest absolute Gasteiger partial charge is 0.416 e. The monoisotopic (exact) mass is 543 g/mol. The fraction of sp³-hybridized carbons (Fsp3) is 0.333. The highest BCUT2D eigenvalue weighted by molar-refractivity contribution is 6.06. The molecule has 204 valence electrons. The van der Waals surface area contributed by atoms with Crippen molar-refractivity contribution in [3.05, 3.63) is 69.0 Å². The van der Waals surface area contributed by atoms with Gasteiger partial charge in [-0.1, -0.05) is 12.1 Å². The van der Waals surface area contributed by atoms with E-state index in [9.17, 15) is 37.9 Å². The average molecular weight is 543 g/mol. The molecule has 1 aromatic heterocycles. The van der Waals surface area contributed by atoms with E-state index in [1.807, 2.05) is 6.07 Å². The number of alkyl halides is 3. The second-order valence-electron chi connectivity index (χ2n) is 9.98. The average Bonchev–Trinajstić information content (AvgIpc) is 2.84. The Balaban J connectivity index is 1.79. The second kappa shape index (κ2) is 9.98. The molecule has 2 heterocycles. The summed E-state index contributed by atoms with van der Waals surface area (Å²) < 4.78 is 51.1. The van der Waals surface area contributed by atoms with E-state index in [1.165, 1.54) is 28.8 Å². The summed E-state index contributed by atoms with van der Waals surface area (Å²) in [7, 11) is 0. The molecule has 1 aliphatic rings. The summed E-state index contributed by atoms with van der Waals surface area (Å²) in [5.74, 6) is -2.42. The largest absolute Gasteiger partial charge is 0.506 e. The molecule has 0 fully saturated rings. The van der Waals surface area contributed by atoms with E-state index in [4.69, 9.17) is 9.47 Å². The van der Waals surface area contributed by atoms with Crippen LogP contribution < -0.4 is 15.6 Å². The van der Waals surface area contributed by atoms with Gasteiger partial charge in [0.2, 0.25) is 0 Å². The third-order valence-electron chi connectivity index (χ3n) is 6.00. The molecule has 1 unspecified atom stereocenters. The van der Waals surface area contributed by atoms with Gasteiger partial charge in [-0.05, 0) is 57.0 Å². The predicted octanol–water partition coefficient (Wildman–Crippen LogP) is 3.85. The molecule has 0 spiro atoms. The number of ether oxygens (including phenoxy) is 2. The lowest BCUT2D eigenvalue weighted by Crippen LogP contribution is -2.40. The molecule has 39 heavy (non-hydrogen) atoms. The first-order valence-corrected chi connectivity index (χ1v) is 11.8. The number of hydrogen-bond donors (Lipinski definition) is 2. The van der Waals surface area contributed by atoms with Crippen molar-refractivity contribution in [2.45, 2.75) is 45.0 Å². The minimum absolute atomic E-state index is 0.0417. The lowest BCUT2D eigenvalue weighted by molar-refractivity contribution is -0.153. The van der Waals surface area contributed by atoms with Crippen LogP contribution in [0.1, 0.15) is 53.9 Å². The number of nitriles is 1. The van der Waals surface area contributed by atoms with E-state index in [0.29, 0.717) is 5.56 Å². The van der Waals surface area contributed by atoms with Crippen LogP contribution >= 0.6 is 0 Å². The van der Waals surface area contributed by atoms with E-state index in [-0.39, 0.29) is 35.2 Å². The number of halogens is 3. The van der Waals surface area contributed by atoms with Gasteiger partial charge in [0.15, 0.2) is 0 Å². The highest BCUT2D eigenvalue weighted by atomic mass is 19.4. The third-order valence-corrected chi connectivity index (χ3v) is 6.00. The summed E-state index contributed by atoms with van der Waals surface area (Å²) in [6.07, 6.45) is -4.46. The van der Waals surface area contributed by atoms with Crippen molar-refractivity contribution in [2.75, 3.05) is 13.2 Å². The maximum Gasteiger partial charge on any atom is 0.416 e. The fourth-order valence-electron chi connectivity index (χ4n) is 4.39. The summed E-state index contributed by atoms with van der Waals surface area (Å²) in [6, 6.07) is 8.34. The van der Waals surface area contributed by atoms with Gasteiger partial charge in [0.25, 0.3) is 11.5 Å². The lowest BCUT2D eigenvalue weighted by atomic mass is 9.99. The van der Waals surface area contributed by atoms with Gasteiger partial charge in [-0.2, -0.15) is 18.4 Å². The number of rotatable bonds is 5. The van der Waals surface area contributed by atoms with Crippen LogP contribution in [0.15, 0.2) is 41.2 Å². The first kappa shape index (κ1) is 27.5. The summed E-state index contributed by atoms with van der Waals surface area (Å²) in [4.78, 5) is 38.8. The van der Waals surface area contributed by atoms with Gasteiger partial charge in [-0.25, -0.2) is 0 Å². The van der Waals surface area contributed by atoms with Crippen molar-refractivity contribution in [3.8, 4) is 17.6 Å². The Morgan fingerprint density at radius 2 is 1.85 bits per heavy atom. The number of nitrogens with zero attached hydrogens (tertiary/aromatic N) is 2. The molecular weight excluding hydrogens is 519 g/mol. The summed E-state index contributed by atoms with van der Waals surface area (Å²) in [5.41, 5.74) is -2.77. The molecular formula is C27H24F3N3O6. The maximum absolute atomic E-state index is 13.7. The van der Waals surface area contributed by atoms with E-state index in [1.54, 1.807) is 20.8 Å². The Morgan fingerprint density at radius 1 is 1.18 bits per heavy atom. The molecule has 0 radical (unpaired) electrons. The molecule has 1 amide bonds. The van der Waals surface area contributed by atoms with E-state index >= 15 is 0 Å². The zero-order valence-electron chi connectivity index (χ0n) is 21.2. The van der Waals surface area contributed by atoms with Crippen LogP contribution in [0.5, 0.6) is 11.5 Å². The minimum atomic E-state index is -4.51. The zero-order valence-corrected chi connectivity index (χ0v) is 21.2. The Morgan fingerprint density at radius 3 is 2.44 bits per heavy atom. The number of benzene rings is 2. The normalized spacial score (nSPS) is 14.8. The molecule has 4 rings (SSSR count). The highest BCUT2D eigenvalue weighted by Crippen LogP contribution is 2.39. The quantitative estimate of drug-likeness (QED) is 0.468. The molecule has 0 aliphatic carbocycles. The third kappa shape index (κ3) is 5.52. The number of hydrogen-bond acceptors (Lipinski definition) is 7. The van der Waals surface area contributed by atoms with Crippen molar-refractivity contribution < 1.29 is 37.3 Å². The number of aromatic nitrogens is 1. The highest BCUT2D eigenvalue weighted by Gasteiger charge is 2.33. The second-order valence-corrected chi connectivity index (χ2v) is 9.98. The van der Waals surface area contributed by atoms with Gasteiger partial charge >= 0.3 is 12.1 Å². The molecule has 1 aliphatic heterocycles. The summed E-state index contributed by atoms with van der Waals surface area (Å²) in [6.45, 7) is 4.26. The van der Waals surface area contributed by atoms with E-state index in [2.05, 4.69) is 5.32 Å². The molecule has 0 saturated carbocycles. The van der Waals surface area contributed by atoms with Gasteiger partial charge in [-0.3, -0.25) is 19.0 Å². The van der Waals surface area contributed by atoms with Crippen LogP contribution in [-0.4, -0.2) is 40.3 Å². The van der Waals surface area contributed by atoms with Gasteiger partial charge in [-0.15, -0.1) is 0 Å². The molecule has 0 saturated heterocycles. The van der Waals surface area contributed by atoms with E-state index in [0.717, 1.165) is 12.1 Å². The van der Waals surface area contributed by atoms with Gasteiger partial charge < -0.3 is 19.9 Å². The molecule has 9 nitrogen and oxygen atoms in total. The molecule has 0 bridgehead atoms. The van der Waals surface area contributed by atoms with Crippen molar-refractivity contribution in [2.24, 2.45) is 0 Å². The first-order valence-electron chi connectivity index (χ1n) is 11.8. The number of carbonyl (C=O) groups excluding carboxylic acids is 2. The number of carbonyl (C=O) groups is 2. The van der Waals surface area contributed by atoms with Gasteiger partial charge in [0.1, 0.15) is 35.8 Å². The minimum Gasteiger partial charge on any atom is -0.506 e. The zero-order chi connectivity index (χ0) is 28.7. The number of amides is 1. The van der Waals surface area contributed by atoms with Crippen LogP contribution in [0.3, 0.4) is 0 Å². The Labute approximate surface area is 220 Å². The standard InChI is InChI=1S/C27H24F3N3O6/c1-26(2,3)39-19(34)12-32-24(36)21-23(35)20-15(11-31)6-9-18-22(20)33(25(21)37)17(13-38-18)10-14-4-7-16(8-5-14)27(28,29)30/h4-9,17,35H,10,12-13H2,1-3H3,(H,32,36). The Hall–Kier alpha value is -4.53. The molecule has 3 aromatic rings.